The van der Waals surface area contributed by atoms with Crippen molar-refractivity contribution in [2.45, 2.75) is 25.7 Å². The summed E-state index contributed by atoms with van der Waals surface area (Å²) < 4.78 is 25.0. The Labute approximate surface area is 136 Å². The van der Waals surface area contributed by atoms with Crippen LogP contribution in [0, 0.1) is 11.8 Å². The Kier molecular flexibility index (Phi) is 6.26. The molecular weight excluding hydrogens is 350 g/mol. The number of sulfonamides is 1. The molecule has 2 atom stereocenters. The monoisotopic (exact) mass is 373 g/mol. The summed E-state index contributed by atoms with van der Waals surface area (Å²) in [6, 6.07) is 10.5. The molecule has 1 heterocycles. The van der Waals surface area contributed by atoms with Crippen LogP contribution in [0.1, 0.15) is 24.8 Å². The molecule has 0 spiro atoms. The van der Waals surface area contributed by atoms with Gasteiger partial charge in [-0.15, -0.1) is 0 Å². The zero-order chi connectivity index (χ0) is 15.3. The van der Waals surface area contributed by atoms with E-state index >= 15 is 0 Å². The van der Waals surface area contributed by atoms with Crippen LogP contribution in [0.2, 0.25) is 0 Å². The third-order valence-corrected chi connectivity index (χ3v) is 6.39. The van der Waals surface area contributed by atoms with Crippen LogP contribution in [0.15, 0.2) is 30.3 Å². The van der Waals surface area contributed by atoms with Gasteiger partial charge >= 0.3 is 0 Å². The third-order valence-electron chi connectivity index (χ3n) is 4.20. The number of rotatable bonds is 6. The normalized spacial score (nSPS) is 22.1. The Bertz CT molecular complexity index is 532. The van der Waals surface area contributed by atoms with Crippen LogP contribution in [0.3, 0.4) is 0 Å². The van der Waals surface area contributed by atoms with Gasteiger partial charge in [-0.2, -0.15) is 0 Å². The highest BCUT2D eigenvalue weighted by Crippen LogP contribution is 2.27. The second-order valence-corrected chi connectivity index (χ2v) is 8.70. The molecule has 1 aliphatic heterocycles. The number of nitrogens with zero attached hydrogens (tertiary/aromatic N) is 1. The van der Waals surface area contributed by atoms with Crippen molar-refractivity contribution in [1.82, 2.24) is 4.31 Å². The molecule has 1 aliphatic rings. The first-order valence-electron chi connectivity index (χ1n) is 7.54. The molecular formula is C16H24BrNO2S. The van der Waals surface area contributed by atoms with E-state index in [2.05, 4.69) is 40.2 Å². The van der Waals surface area contributed by atoms with E-state index in [0.29, 0.717) is 24.9 Å². The van der Waals surface area contributed by atoms with Gasteiger partial charge in [-0.25, -0.2) is 12.7 Å². The largest absolute Gasteiger partial charge is 0.213 e. The molecule has 1 saturated heterocycles. The first kappa shape index (κ1) is 17.0. The number of halogens is 1. The van der Waals surface area contributed by atoms with Crippen molar-refractivity contribution in [1.29, 1.82) is 0 Å². The Morgan fingerprint density at radius 3 is 2.67 bits per heavy atom. The minimum absolute atomic E-state index is 0.486. The van der Waals surface area contributed by atoms with Crippen molar-refractivity contribution in [3.63, 3.8) is 0 Å². The lowest BCUT2D eigenvalue weighted by atomic mass is 9.87. The molecule has 1 aromatic rings. The Hall–Kier alpha value is -0.390. The summed E-state index contributed by atoms with van der Waals surface area (Å²) in [6.45, 7) is 1.38. The fraction of sp³-hybridized carbons (Fsp3) is 0.625. The van der Waals surface area contributed by atoms with Gasteiger partial charge in [0.25, 0.3) is 0 Å². The van der Waals surface area contributed by atoms with Crippen LogP contribution in [0.5, 0.6) is 0 Å². The summed E-state index contributed by atoms with van der Waals surface area (Å²) in [5, 5.41) is 0.970. The van der Waals surface area contributed by atoms with Crippen LogP contribution in [-0.2, 0) is 16.4 Å². The van der Waals surface area contributed by atoms with E-state index in [-0.39, 0.29) is 0 Å². The predicted molar refractivity (Wildman–Crippen MR) is 91.2 cm³/mol. The Balaban J connectivity index is 1.92. The molecule has 0 N–H and O–H groups in total. The van der Waals surface area contributed by atoms with Gasteiger partial charge in [0.2, 0.25) is 10.0 Å². The van der Waals surface area contributed by atoms with E-state index in [1.165, 1.54) is 11.8 Å². The maximum absolute atomic E-state index is 11.7. The van der Waals surface area contributed by atoms with Gasteiger partial charge in [-0.1, -0.05) is 46.3 Å². The molecule has 0 aliphatic carbocycles. The number of hydrogen-bond acceptors (Lipinski definition) is 2. The third kappa shape index (κ3) is 5.38. The topological polar surface area (TPSA) is 37.4 Å². The summed E-state index contributed by atoms with van der Waals surface area (Å²) in [4.78, 5) is 0. The van der Waals surface area contributed by atoms with E-state index in [0.717, 1.165) is 31.0 Å². The molecule has 1 aromatic carbocycles. The fourth-order valence-electron chi connectivity index (χ4n) is 3.14. The first-order valence-corrected chi connectivity index (χ1v) is 10.5. The van der Waals surface area contributed by atoms with E-state index in [4.69, 9.17) is 0 Å². The molecule has 0 radical (unpaired) electrons. The predicted octanol–water partition coefficient (Wildman–Crippen LogP) is 3.30. The van der Waals surface area contributed by atoms with Crippen molar-refractivity contribution < 1.29 is 8.42 Å². The van der Waals surface area contributed by atoms with Crippen LogP contribution >= 0.6 is 15.9 Å². The van der Waals surface area contributed by atoms with Crippen LogP contribution in [0.4, 0.5) is 0 Å². The Morgan fingerprint density at radius 1 is 1.33 bits per heavy atom. The highest BCUT2D eigenvalue weighted by molar-refractivity contribution is 9.09. The molecule has 0 aromatic heterocycles. The fourth-order valence-corrected chi connectivity index (χ4v) is 4.58. The van der Waals surface area contributed by atoms with Crippen molar-refractivity contribution in [2.24, 2.45) is 11.8 Å². The molecule has 5 heteroatoms. The molecule has 0 amide bonds. The van der Waals surface area contributed by atoms with Gasteiger partial charge in [-0.05, 0) is 43.1 Å². The standard InChI is InChI=1S/C16H24BrNO2S/c1-21(19,20)18-9-5-8-15(13-18)11-16(12-17)10-14-6-3-2-4-7-14/h2-4,6-7,15-16H,5,8-13H2,1H3. The average molecular weight is 374 g/mol. The van der Waals surface area contributed by atoms with E-state index in [1.807, 2.05) is 6.07 Å². The van der Waals surface area contributed by atoms with Crippen LogP contribution in [-0.4, -0.2) is 37.4 Å². The maximum Gasteiger partial charge on any atom is 0.211 e. The van der Waals surface area contributed by atoms with Crippen molar-refractivity contribution >= 4 is 26.0 Å². The summed E-state index contributed by atoms with van der Waals surface area (Å²) in [5.41, 5.74) is 1.36. The number of hydrogen-bond donors (Lipinski definition) is 0. The highest BCUT2D eigenvalue weighted by Gasteiger charge is 2.27. The van der Waals surface area contributed by atoms with Crippen molar-refractivity contribution in [3.05, 3.63) is 35.9 Å². The number of piperidine rings is 1. The number of alkyl halides is 1. The molecule has 2 rings (SSSR count). The molecule has 21 heavy (non-hydrogen) atoms. The number of benzene rings is 1. The lowest BCUT2D eigenvalue weighted by Gasteiger charge is -2.32. The van der Waals surface area contributed by atoms with Gasteiger partial charge in [-0.3, -0.25) is 0 Å². The van der Waals surface area contributed by atoms with Crippen LogP contribution < -0.4 is 0 Å². The molecule has 0 saturated carbocycles. The second kappa shape index (κ2) is 7.75. The molecule has 118 valence electrons. The summed E-state index contributed by atoms with van der Waals surface area (Å²) in [6.07, 6.45) is 5.59. The summed E-state index contributed by atoms with van der Waals surface area (Å²) in [7, 11) is -3.04. The minimum Gasteiger partial charge on any atom is -0.213 e. The zero-order valence-corrected chi connectivity index (χ0v) is 14.9. The first-order chi connectivity index (χ1) is 9.99. The van der Waals surface area contributed by atoms with Gasteiger partial charge in [0.15, 0.2) is 0 Å². The smallest absolute Gasteiger partial charge is 0.211 e. The van der Waals surface area contributed by atoms with Crippen molar-refractivity contribution in [3.8, 4) is 0 Å². The lowest BCUT2D eigenvalue weighted by Crippen LogP contribution is -2.39. The summed E-state index contributed by atoms with van der Waals surface area (Å²) >= 11 is 3.62. The second-order valence-electron chi connectivity index (χ2n) is 6.08. The zero-order valence-electron chi connectivity index (χ0n) is 12.5. The SMILES string of the molecule is CS(=O)(=O)N1CCCC(CC(CBr)Cc2ccccc2)C1. The van der Waals surface area contributed by atoms with Crippen LogP contribution in [0.25, 0.3) is 0 Å². The molecule has 0 bridgehead atoms. The lowest BCUT2D eigenvalue weighted by molar-refractivity contribution is 0.236. The minimum atomic E-state index is -3.04. The van der Waals surface area contributed by atoms with Gasteiger partial charge < -0.3 is 0 Å². The Morgan fingerprint density at radius 2 is 2.05 bits per heavy atom. The van der Waals surface area contributed by atoms with Gasteiger partial charge in [0.05, 0.1) is 6.26 Å². The van der Waals surface area contributed by atoms with E-state index in [1.54, 1.807) is 4.31 Å². The summed E-state index contributed by atoms with van der Waals surface area (Å²) in [5.74, 6) is 1.05. The average Bonchev–Trinajstić information content (AvgIpc) is 2.47. The van der Waals surface area contributed by atoms with Gasteiger partial charge in [0.1, 0.15) is 0 Å². The maximum atomic E-state index is 11.7. The quantitative estimate of drug-likeness (QED) is 0.717. The molecule has 1 fully saturated rings. The highest BCUT2D eigenvalue weighted by atomic mass is 79.9. The van der Waals surface area contributed by atoms with Gasteiger partial charge in [0, 0.05) is 18.4 Å². The molecule has 2 unspecified atom stereocenters. The van der Waals surface area contributed by atoms with E-state index in [9.17, 15) is 8.42 Å². The van der Waals surface area contributed by atoms with Crippen molar-refractivity contribution in [2.75, 3.05) is 24.7 Å². The van der Waals surface area contributed by atoms with E-state index < -0.39 is 10.0 Å². The molecule has 3 nitrogen and oxygen atoms in total.